The van der Waals surface area contributed by atoms with Gasteiger partial charge in [-0.05, 0) is 115 Å². The molecule has 3 heterocycles. The molecule has 0 bridgehead atoms. The van der Waals surface area contributed by atoms with E-state index in [9.17, 15) is 0 Å². The summed E-state index contributed by atoms with van der Waals surface area (Å²) in [4.78, 5) is 2.69. The summed E-state index contributed by atoms with van der Waals surface area (Å²) in [5, 5.41) is 1.38. The Hall–Kier alpha value is -3.30. The molecule has 0 fully saturated rings. The molecule has 0 unspecified atom stereocenters. The Labute approximate surface area is 319 Å². The molecule has 4 aromatic carbocycles. The number of rotatable bonds is 1. The Balaban J connectivity index is 1.52. The highest BCUT2D eigenvalue weighted by atomic mass is 32.1. The minimum absolute atomic E-state index is 0.0179. The predicted octanol–water partition coefficient (Wildman–Crippen LogP) is 12.1. The molecule has 8 rings (SSSR count). The lowest BCUT2D eigenvalue weighted by molar-refractivity contribution is 0.331. The molecular formula is C49H60BNS. The summed E-state index contributed by atoms with van der Waals surface area (Å²) in [5.41, 5.74) is 17.6. The van der Waals surface area contributed by atoms with Gasteiger partial charge in [0.15, 0.2) is 0 Å². The lowest BCUT2D eigenvalue weighted by Gasteiger charge is -2.48. The Morgan fingerprint density at radius 3 is 1.75 bits per heavy atom. The molecule has 0 radical (unpaired) electrons. The van der Waals surface area contributed by atoms with Gasteiger partial charge in [-0.15, -0.1) is 11.3 Å². The standard InChI is InChI=1S/C49H60BNS/c1-44(2,3)29-19-20-40-33(26-29)42-43(52-40)50-38-28-36-35(47(10,11)21-22-48(36,12)13)27-37(38)49(14,15)34-17-16-18-39(41(34)50)51(42)32-24-30(45(4,5)6)23-31(25-32)46(7,8)9/h16-20,23-28H,21-22H2,1-15H3. The number of hydrogen-bond acceptors (Lipinski definition) is 2. The van der Waals surface area contributed by atoms with Gasteiger partial charge >= 0.3 is 0 Å². The lowest BCUT2D eigenvalue weighted by Crippen LogP contribution is -2.63. The van der Waals surface area contributed by atoms with Crippen molar-refractivity contribution in [1.29, 1.82) is 0 Å². The van der Waals surface area contributed by atoms with Crippen molar-refractivity contribution in [2.45, 2.75) is 149 Å². The summed E-state index contributed by atoms with van der Waals surface area (Å²) in [6, 6.07) is 27.4. The summed E-state index contributed by atoms with van der Waals surface area (Å²) in [6.45, 7) is 36.3. The minimum atomic E-state index is -0.132. The summed E-state index contributed by atoms with van der Waals surface area (Å²) in [5.74, 6) is 0. The van der Waals surface area contributed by atoms with Gasteiger partial charge in [0, 0.05) is 31.7 Å². The second-order valence-corrected chi connectivity index (χ2v) is 22.5. The molecule has 1 aromatic heterocycles. The Kier molecular flexibility index (Phi) is 7.49. The first-order chi connectivity index (χ1) is 23.9. The van der Waals surface area contributed by atoms with E-state index in [-0.39, 0.29) is 39.2 Å². The number of fused-ring (bicyclic) bond motifs is 7. The maximum Gasteiger partial charge on any atom is 0.260 e. The van der Waals surface area contributed by atoms with Crippen LogP contribution in [-0.2, 0) is 32.5 Å². The molecule has 270 valence electrons. The van der Waals surface area contributed by atoms with Crippen LogP contribution in [0.2, 0.25) is 0 Å². The van der Waals surface area contributed by atoms with Crippen molar-refractivity contribution in [3.05, 3.63) is 106 Å². The third kappa shape index (κ3) is 5.22. The van der Waals surface area contributed by atoms with E-state index >= 15 is 0 Å². The SMILES string of the molecule is CC(C)(C)c1cc(N2c3cccc4c3B(c3cc5c(cc3C4(C)C)C(C)(C)CCC5(C)C)c3sc4ccc(C(C)(C)C)cc4c32)cc(C(C)(C)C)c1. The van der Waals surface area contributed by atoms with Crippen LogP contribution < -0.4 is 20.6 Å². The molecule has 3 aliphatic rings. The van der Waals surface area contributed by atoms with Crippen LogP contribution in [0.3, 0.4) is 0 Å². The van der Waals surface area contributed by atoms with Gasteiger partial charge in [0.25, 0.3) is 6.71 Å². The van der Waals surface area contributed by atoms with Crippen LogP contribution in [-0.4, -0.2) is 6.71 Å². The Morgan fingerprint density at radius 2 is 1.17 bits per heavy atom. The zero-order valence-electron chi connectivity index (χ0n) is 34.7. The van der Waals surface area contributed by atoms with E-state index in [2.05, 4.69) is 175 Å². The highest BCUT2D eigenvalue weighted by molar-refractivity contribution is 7.33. The zero-order chi connectivity index (χ0) is 37.7. The number of nitrogens with zero attached hydrogens (tertiary/aromatic N) is 1. The van der Waals surface area contributed by atoms with Gasteiger partial charge < -0.3 is 4.90 Å². The first-order valence-electron chi connectivity index (χ1n) is 19.8. The van der Waals surface area contributed by atoms with Crippen LogP contribution >= 0.6 is 11.3 Å². The van der Waals surface area contributed by atoms with Crippen molar-refractivity contribution in [2.75, 3.05) is 4.90 Å². The van der Waals surface area contributed by atoms with Crippen LogP contribution in [0.1, 0.15) is 156 Å². The van der Waals surface area contributed by atoms with Crippen molar-refractivity contribution >= 4 is 60.9 Å². The maximum absolute atomic E-state index is 2.69. The van der Waals surface area contributed by atoms with Gasteiger partial charge in [0.2, 0.25) is 0 Å². The second-order valence-electron chi connectivity index (χ2n) is 21.4. The third-order valence-corrected chi connectivity index (χ3v) is 14.5. The average molecular weight is 706 g/mol. The van der Waals surface area contributed by atoms with Crippen molar-refractivity contribution < 1.29 is 0 Å². The molecule has 0 spiro atoms. The number of benzene rings is 4. The van der Waals surface area contributed by atoms with E-state index in [1.807, 2.05) is 11.3 Å². The predicted molar refractivity (Wildman–Crippen MR) is 231 cm³/mol. The smallest absolute Gasteiger partial charge is 0.260 e. The average Bonchev–Trinajstić information content (AvgIpc) is 3.41. The highest BCUT2D eigenvalue weighted by Crippen LogP contribution is 2.51. The van der Waals surface area contributed by atoms with E-state index in [0.29, 0.717) is 0 Å². The molecule has 3 heteroatoms. The van der Waals surface area contributed by atoms with Gasteiger partial charge in [-0.3, -0.25) is 0 Å². The lowest BCUT2D eigenvalue weighted by atomic mass is 9.32. The van der Waals surface area contributed by atoms with Crippen LogP contribution in [0.25, 0.3) is 10.1 Å². The van der Waals surface area contributed by atoms with E-state index in [4.69, 9.17) is 0 Å². The molecule has 1 aliphatic carbocycles. The van der Waals surface area contributed by atoms with Gasteiger partial charge in [-0.2, -0.15) is 0 Å². The van der Waals surface area contributed by atoms with Gasteiger partial charge in [-0.25, -0.2) is 0 Å². The van der Waals surface area contributed by atoms with E-state index in [1.54, 1.807) is 11.1 Å². The molecule has 52 heavy (non-hydrogen) atoms. The van der Waals surface area contributed by atoms with Gasteiger partial charge in [0.05, 0.1) is 5.69 Å². The Bertz CT molecular complexity index is 2260. The van der Waals surface area contributed by atoms with Crippen LogP contribution in [0.15, 0.2) is 66.7 Å². The fourth-order valence-electron chi connectivity index (χ4n) is 9.57. The maximum atomic E-state index is 2.69. The van der Waals surface area contributed by atoms with E-state index in [1.165, 1.54) is 83.5 Å². The molecule has 0 N–H and O–H groups in total. The monoisotopic (exact) mass is 705 g/mol. The topological polar surface area (TPSA) is 3.24 Å². The molecule has 0 saturated carbocycles. The van der Waals surface area contributed by atoms with Crippen molar-refractivity contribution in [1.82, 2.24) is 0 Å². The van der Waals surface area contributed by atoms with E-state index < -0.39 is 0 Å². The number of anilines is 3. The first-order valence-corrected chi connectivity index (χ1v) is 20.6. The largest absolute Gasteiger partial charge is 0.310 e. The summed E-state index contributed by atoms with van der Waals surface area (Å²) in [6.07, 6.45) is 2.45. The van der Waals surface area contributed by atoms with Crippen molar-refractivity contribution in [3.8, 4) is 0 Å². The molecule has 2 aliphatic heterocycles. The fourth-order valence-corrected chi connectivity index (χ4v) is 10.9. The molecule has 0 saturated heterocycles. The normalized spacial score (nSPS) is 18.5. The van der Waals surface area contributed by atoms with Crippen LogP contribution in [0.5, 0.6) is 0 Å². The molecule has 0 atom stereocenters. The number of hydrogen-bond donors (Lipinski definition) is 0. The Morgan fingerprint density at radius 1 is 0.596 bits per heavy atom. The molecule has 0 amide bonds. The molecule has 1 nitrogen and oxygen atoms in total. The first kappa shape index (κ1) is 35.7. The molecular weight excluding hydrogens is 645 g/mol. The highest BCUT2D eigenvalue weighted by Gasteiger charge is 2.49. The van der Waals surface area contributed by atoms with Gasteiger partial charge in [-0.1, -0.05) is 146 Å². The van der Waals surface area contributed by atoms with E-state index in [0.717, 1.165) is 0 Å². The van der Waals surface area contributed by atoms with Gasteiger partial charge in [0.1, 0.15) is 0 Å². The van der Waals surface area contributed by atoms with Crippen molar-refractivity contribution in [2.24, 2.45) is 0 Å². The van der Waals surface area contributed by atoms with Crippen LogP contribution in [0.4, 0.5) is 17.1 Å². The minimum Gasteiger partial charge on any atom is -0.310 e. The third-order valence-electron chi connectivity index (χ3n) is 13.2. The summed E-state index contributed by atoms with van der Waals surface area (Å²) in [7, 11) is 0. The van der Waals surface area contributed by atoms with Crippen molar-refractivity contribution in [3.63, 3.8) is 0 Å². The quantitative estimate of drug-likeness (QED) is 0.154. The molecule has 5 aromatic rings. The summed E-state index contributed by atoms with van der Waals surface area (Å²) >= 11 is 2.03. The summed E-state index contributed by atoms with van der Waals surface area (Å²) < 4.78 is 2.87. The number of thiophene rings is 1. The fraction of sp³-hybridized carbons (Fsp3) is 0.469. The van der Waals surface area contributed by atoms with Crippen LogP contribution in [0, 0.1) is 0 Å². The zero-order valence-corrected chi connectivity index (χ0v) is 35.5. The second kappa shape index (κ2) is 10.9.